The van der Waals surface area contributed by atoms with Crippen molar-refractivity contribution >= 4 is 35.0 Å². The van der Waals surface area contributed by atoms with Gasteiger partial charge in [-0.3, -0.25) is 9.59 Å². The summed E-state index contributed by atoms with van der Waals surface area (Å²) in [7, 11) is 1.55. The highest BCUT2D eigenvalue weighted by Gasteiger charge is 2.24. The maximum Gasteiger partial charge on any atom is 0.241 e. The van der Waals surface area contributed by atoms with Crippen molar-refractivity contribution in [2.24, 2.45) is 5.73 Å². The van der Waals surface area contributed by atoms with E-state index < -0.39 is 6.04 Å². The fraction of sp³-hybridized carbons (Fsp3) is 0.500. The number of nitrogens with zero attached hydrogens (tertiary/aromatic N) is 1. The highest BCUT2D eigenvalue weighted by Crippen LogP contribution is 2.33. The molecule has 0 unspecified atom stereocenters. The van der Waals surface area contributed by atoms with E-state index in [4.69, 9.17) is 10.5 Å². The van der Waals surface area contributed by atoms with Gasteiger partial charge in [-0.2, -0.15) is 11.8 Å². The van der Waals surface area contributed by atoms with Gasteiger partial charge in [0.25, 0.3) is 0 Å². The molecule has 1 aliphatic heterocycles. The smallest absolute Gasteiger partial charge is 0.241 e. The summed E-state index contributed by atoms with van der Waals surface area (Å²) in [6.07, 6.45) is 4.02. The molecule has 7 heteroatoms. The van der Waals surface area contributed by atoms with Gasteiger partial charge in [0.15, 0.2) is 0 Å². The van der Waals surface area contributed by atoms with Crippen molar-refractivity contribution in [3.8, 4) is 5.75 Å². The van der Waals surface area contributed by atoms with Crippen LogP contribution in [-0.2, 0) is 9.59 Å². The lowest BCUT2D eigenvalue weighted by atomic mass is 10.2. The second-order valence-electron chi connectivity index (χ2n) is 5.41. The molecule has 1 aromatic rings. The molecule has 126 valence electrons. The van der Waals surface area contributed by atoms with Gasteiger partial charge in [-0.25, -0.2) is 0 Å². The molecule has 1 aliphatic rings. The van der Waals surface area contributed by atoms with Gasteiger partial charge in [0.1, 0.15) is 5.75 Å². The lowest BCUT2D eigenvalue weighted by Crippen LogP contribution is -2.36. The van der Waals surface area contributed by atoms with Crippen LogP contribution in [0.5, 0.6) is 5.75 Å². The molecule has 1 heterocycles. The third-order valence-corrected chi connectivity index (χ3v) is 4.43. The summed E-state index contributed by atoms with van der Waals surface area (Å²) in [6, 6.07) is 4.75. The SMILES string of the molecule is COc1cc(NC(=O)[C@@H](N)CCSC)ccc1N1CCCC1=O. The Bertz CT molecular complexity index is 580. The van der Waals surface area contributed by atoms with Crippen molar-refractivity contribution in [2.45, 2.75) is 25.3 Å². The quantitative estimate of drug-likeness (QED) is 0.793. The van der Waals surface area contributed by atoms with Gasteiger partial charge in [0.2, 0.25) is 11.8 Å². The lowest BCUT2D eigenvalue weighted by Gasteiger charge is -2.20. The van der Waals surface area contributed by atoms with Crippen LogP contribution < -0.4 is 20.7 Å². The molecule has 0 saturated carbocycles. The fourth-order valence-electron chi connectivity index (χ4n) is 2.49. The fourth-order valence-corrected chi connectivity index (χ4v) is 2.98. The van der Waals surface area contributed by atoms with Crippen molar-refractivity contribution in [1.82, 2.24) is 0 Å². The molecule has 1 fully saturated rings. The van der Waals surface area contributed by atoms with Crippen LogP contribution in [0.4, 0.5) is 11.4 Å². The number of nitrogens with one attached hydrogen (secondary N) is 1. The number of ether oxygens (including phenoxy) is 1. The number of thioether (sulfide) groups is 1. The zero-order valence-electron chi connectivity index (χ0n) is 13.5. The Kier molecular flexibility index (Phi) is 6.29. The number of carbonyl (C=O) groups is 2. The maximum atomic E-state index is 12.1. The van der Waals surface area contributed by atoms with Gasteiger partial charge in [0, 0.05) is 24.7 Å². The molecule has 0 radical (unpaired) electrons. The molecule has 1 saturated heterocycles. The second-order valence-corrected chi connectivity index (χ2v) is 6.40. The molecule has 0 aromatic heterocycles. The van der Waals surface area contributed by atoms with Gasteiger partial charge >= 0.3 is 0 Å². The number of methoxy groups -OCH3 is 1. The molecular formula is C16H23N3O3S. The van der Waals surface area contributed by atoms with E-state index >= 15 is 0 Å². The van der Waals surface area contributed by atoms with Crippen LogP contribution in [-0.4, -0.2) is 43.5 Å². The predicted molar refractivity (Wildman–Crippen MR) is 94.2 cm³/mol. The molecular weight excluding hydrogens is 314 g/mol. The zero-order chi connectivity index (χ0) is 16.8. The van der Waals surface area contributed by atoms with Gasteiger partial charge < -0.3 is 20.7 Å². The topological polar surface area (TPSA) is 84.7 Å². The minimum atomic E-state index is -0.534. The van der Waals surface area contributed by atoms with E-state index in [1.807, 2.05) is 6.26 Å². The molecule has 6 nitrogen and oxygen atoms in total. The van der Waals surface area contributed by atoms with Gasteiger partial charge in [-0.05, 0) is 37.0 Å². The van der Waals surface area contributed by atoms with Crippen molar-refractivity contribution in [3.63, 3.8) is 0 Å². The van der Waals surface area contributed by atoms with E-state index in [0.29, 0.717) is 30.8 Å². The third-order valence-electron chi connectivity index (χ3n) is 3.78. The van der Waals surface area contributed by atoms with Crippen LogP contribution in [0.1, 0.15) is 19.3 Å². The van der Waals surface area contributed by atoms with Gasteiger partial charge in [-0.1, -0.05) is 0 Å². The third kappa shape index (κ3) is 4.39. The Morgan fingerprint density at radius 3 is 2.91 bits per heavy atom. The Labute approximate surface area is 140 Å². The largest absolute Gasteiger partial charge is 0.494 e. The van der Waals surface area contributed by atoms with Crippen molar-refractivity contribution in [2.75, 3.05) is 35.9 Å². The number of rotatable bonds is 7. The van der Waals surface area contributed by atoms with Gasteiger partial charge in [0.05, 0.1) is 18.8 Å². The summed E-state index contributed by atoms with van der Waals surface area (Å²) in [5.74, 6) is 1.29. The first-order chi connectivity index (χ1) is 11.1. The average Bonchev–Trinajstić information content (AvgIpc) is 2.98. The molecule has 23 heavy (non-hydrogen) atoms. The first-order valence-corrected chi connectivity index (χ1v) is 9.00. The minimum Gasteiger partial charge on any atom is -0.494 e. The molecule has 1 aromatic carbocycles. The molecule has 3 N–H and O–H groups in total. The van der Waals surface area contributed by atoms with Crippen LogP contribution in [0.3, 0.4) is 0 Å². The number of amides is 2. The molecule has 2 amide bonds. The van der Waals surface area contributed by atoms with E-state index in [1.165, 1.54) is 0 Å². The summed E-state index contributed by atoms with van der Waals surface area (Å²) in [5.41, 5.74) is 7.21. The molecule has 0 bridgehead atoms. The van der Waals surface area contributed by atoms with Crippen molar-refractivity contribution in [3.05, 3.63) is 18.2 Å². The second kappa shape index (κ2) is 8.21. The van der Waals surface area contributed by atoms with Gasteiger partial charge in [-0.15, -0.1) is 0 Å². The standard InChI is InChI=1S/C16H23N3O3S/c1-22-14-10-11(18-16(21)12(17)7-9-23-2)5-6-13(14)19-8-3-4-15(19)20/h5-6,10,12H,3-4,7-9,17H2,1-2H3,(H,18,21)/t12-/m0/s1. The Morgan fingerprint density at radius 2 is 2.30 bits per heavy atom. The summed E-state index contributed by atoms with van der Waals surface area (Å²) in [4.78, 5) is 25.7. The van der Waals surface area contributed by atoms with Crippen LogP contribution in [0.15, 0.2) is 18.2 Å². The number of benzene rings is 1. The predicted octanol–water partition coefficient (Wildman–Crippen LogP) is 1.84. The number of nitrogens with two attached hydrogens (primary N) is 1. The Morgan fingerprint density at radius 1 is 1.52 bits per heavy atom. The van der Waals surface area contributed by atoms with E-state index in [2.05, 4.69) is 5.32 Å². The van der Waals surface area contributed by atoms with E-state index in [9.17, 15) is 9.59 Å². The number of carbonyl (C=O) groups excluding carboxylic acids is 2. The van der Waals surface area contributed by atoms with E-state index in [1.54, 1.807) is 42.0 Å². The Balaban J connectivity index is 2.09. The van der Waals surface area contributed by atoms with Crippen LogP contribution in [0.25, 0.3) is 0 Å². The van der Waals surface area contributed by atoms with Crippen LogP contribution >= 0.6 is 11.8 Å². The summed E-state index contributed by atoms with van der Waals surface area (Å²) < 4.78 is 5.37. The summed E-state index contributed by atoms with van der Waals surface area (Å²) >= 11 is 1.66. The Hall–Kier alpha value is -1.73. The van der Waals surface area contributed by atoms with E-state index in [0.717, 1.165) is 17.9 Å². The lowest BCUT2D eigenvalue weighted by molar-refractivity contribution is -0.118. The highest BCUT2D eigenvalue weighted by atomic mass is 32.2. The first kappa shape index (κ1) is 17.6. The molecule has 1 atom stereocenters. The first-order valence-electron chi connectivity index (χ1n) is 7.60. The summed E-state index contributed by atoms with van der Waals surface area (Å²) in [6.45, 7) is 0.695. The number of hydrogen-bond acceptors (Lipinski definition) is 5. The van der Waals surface area contributed by atoms with Crippen molar-refractivity contribution < 1.29 is 14.3 Å². The monoisotopic (exact) mass is 337 g/mol. The van der Waals surface area contributed by atoms with Crippen LogP contribution in [0, 0.1) is 0 Å². The normalized spacial score (nSPS) is 15.6. The maximum absolute atomic E-state index is 12.1. The van der Waals surface area contributed by atoms with Crippen LogP contribution in [0.2, 0.25) is 0 Å². The van der Waals surface area contributed by atoms with E-state index in [-0.39, 0.29) is 11.8 Å². The van der Waals surface area contributed by atoms with Crippen molar-refractivity contribution in [1.29, 1.82) is 0 Å². The average molecular weight is 337 g/mol. The zero-order valence-corrected chi connectivity index (χ0v) is 14.3. The number of hydrogen-bond donors (Lipinski definition) is 2. The molecule has 0 spiro atoms. The minimum absolute atomic E-state index is 0.0965. The summed E-state index contributed by atoms with van der Waals surface area (Å²) in [5, 5.41) is 2.80. The highest BCUT2D eigenvalue weighted by molar-refractivity contribution is 7.98. The number of anilines is 2. The molecule has 2 rings (SSSR count). The molecule has 0 aliphatic carbocycles.